The first-order valence-corrected chi connectivity index (χ1v) is 9.44. The Labute approximate surface area is 161 Å². The molecule has 0 aliphatic carbocycles. The Hall–Kier alpha value is -2.37. The maximum absolute atomic E-state index is 12.0. The lowest BCUT2D eigenvalue weighted by Gasteiger charge is -2.06. The fourth-order valence-electron chi connectivity index (χ4n) is 2.41. The summed E-state index contributed by atoms with van der Waals surface area (Å²) in [6, 6.07) is 17.2. The Morgan fingerprint density at radius 3 is 2.62 bits per heavy atom. The van der Waals surface area contributed by atoms with Crippen LogP contribution in [0.15, 0.2) is 54.6 Å². The molecule has 0 radical (unpaired) electrons. The summed E-state index contributed by atoms with van der Waals surface area (Å²) < 4.78 is 5.43. The molecule has 0 bridgehead atoms. The summed E-state index contributed by atoms with van der Waals surface area (Å²) in [6.07, 6.45) is 0.859. The molecule has 6 heteroatoms. The summed E-state index contributed by atoms with van der Waals surface area (Å²) in [5.41, 5.74) is 2.27. The van der Waals surface area contributed by atoms with Crippen molar-refractivity contribution in [2.45, 2.75) is 19.9 Å². The largest absolute Gasteiger partial charge is 0.484 e. The number of hydrogen-bond acceptors (Lipinski definition) is 4. The minimum Gasteiger partial charge on any atom is -0.484 e. The third-order valence-electron chi connectivity index (χ3n) is 3.76. The molecule has 26 heavy (non-hydrogen) atoms. The second-order valence-electron chi connectivity index (χ2n) is 5.80. The predicted molar refractivity (Wildman–Crippen MR) is 105 cm³/mol. The average Bonchev–Trinajstić information content (AvgIpc) is 3.00. The number of benzene rings is 2. The van der Waals surface area contributed by atoms with E-state index >= 15 is 0 Å². The number of rotatable bonds is 7. The highest BCUT2D eigenvalue weighted by atomic mass is 35.5. The Morgan fingerprint density at radius 1 is 1.15 bits per heavy atom. The highest BCUT2D eigenvalue weighted by Crippen LogP contribution is 2.21. The van der Waals surface area contributed by atoms with E-state index in [1.54, 1.807) is 35.6 Å². The second-order valence-corrected chi connectivity index (χ2v) is 7.40. The van der Waals surface area contributed by atoms with Gasteiger partial charge in [0.05, 0.1) is 12.2 Å². The van der Waals surface area contributed by atoms with Crippen LogP contribution in [0.5, 0.6) is 5.75 Å². The highest BCUT2D eigenvalue weighted by Gasteiger charge is 2.10. The van der Waals surface area contributed by atoms with Crippen LogP contribution in [0.3, 0.4) is 0 Å². The van der Waals surface area contributed by atoms with E-state index in [0.717, 1.165) is 17.1 Å². The summed E-state index contributed by atoms with van der Waals surface area (Å²) in [4.78, 5) is 17.7. The average molecular weight is 387 g/mol. The minimum absolute atomic E-state index is 0.0388. The van der Waals surface area contributed by atoms with Gasteiger partial charge >= 0.3 is 0 Å². The van der Waals surface area contributed by atoms with E-state index in [1.165, 1.54) is 10.4 Å². The Bertz CT molecular complexity index is 863. The van der Waals surface area contributed by atoms with Gasteiger partial charge in [-0.25, -0.2) is 4.98 Å². The molecule has 2 aromatic carbocycles. The lowest BCUT2D eigenvalue weighted by molar-refractivity contribution is -0.123. The van der Waals surface area contributed by atoms with Crippen molar-refractivity contribution in [3.8, 4) is 5.75 Å². The molecule has 0 aliphatic heterocycles. The molecule has 134 valence electrons. The minimum atomic E-state index is -0.183. The molecule has 3 aromatic rings. The third kappa shape index (κ3) is 5.31. The van der Waals surface area contributed by atoms with Gasteiger partial charge in [-0.2, -0.15) is 0 Å². The molecule has 3 rings (SSSR count). The van der Waals surface area contributed by atoms with E-state index in [1.807, 2.05) is 25.1 Å². The van der Waals surface area contributed by atoms with Gasteiger partial charge in [0.25, 0.3) is 5.91 Å². The molecular weight excluding hydrogens is 368 g/mol. The standard InChI is InChI=1S/C20H19ClN2O2S/c1-14-18(11-15-5-3-2-4-6-15)26-20(23-14)12-22-19(24)13-25-17-9-7-16(21)8-10-17/h2-10H,11-13H2,1H3,(H,22,24). The topological polar surface area (TPSA) is 51.2 Å². The number of ether oxygens (including phenoxy) is 1. The predicted octanol–water partition coefficient (Wildman–Crippen LogP) is 4.39. The molecule has 1 N–H and O–H groups in total. The van der Waals surface area contributed by atoms with Crippen molar-refractivity contribution >= 4 is 28.8 Å². The Morgan fingerprint density at radius 2 is 1.88 bits per heavy atom. The fourth-order valence-corrected chi connectivity index (χ4v) is 3.58. The van der Waals surface area contributed by atoms with Gasteiger partial charge in [-0.3, -0.25) is 4.79 Å². The van der Waals surface area contributed by atoms with Crippen LogP contribution in [-0.2, 0) is 17.8 Å². The van der Waals surface area contributed by atoms with Gasteiger partial charge in [0.2, 0.25) is 0 Å². The first-order chi connectivity index (χ1) is 12.6. The van der Waals surface area contributed by atoms with E-state index in [4.69, 9.17) is 16.3 Å². The van der Waals surface area contributed by atoms with Gasteiger partial charge in [-0.05, 0) is 36.8 Å². The number of carbonyl (C=O) groups is 1. The molecule has 4 nitrogen and oxygen atoms in total. The number of halogens is 1. The van der Waals surface area contributed by atoms with Crippen LogP contribution in [0.2, 0.25) is 5.02 Å². The van der Waals surface area contributed by atoms with Crippen molar-refractivity contribution in [2.75, 3.05) is 6.61 Å². The summed E-state index contributed by atoms with van der Waals surface area (Å²) in [7, 11) is 0. The number of nitrogens with one attached hydrogen (secondary N) is 1. The van der Waals surface area contributed by atoms with Crippen molar-refractivity contribution in [3.05, 3.63) is 80.8 Å². The van der Waals surface area contributed by atoms with E-state index in [2.05, 4.69) is 22.4 Å². The van der Waals surface area contributed by atoms with Crippen LogP contribution in [0.4, 0.5) is 0 Å². The van der Waals surface area contributed by atoms with Crippen molar-refractivity contribution in [2.24, 2.45) is 0 Å². The molecule has 0 fully saturated rings. The molecule has 1 heterocycles. The van der Waals surface area contributed by atoms with Crippen LogP contribution in [0.1, 0.15) is 21.1 Å². The highest BCUT2D eigenvalue weighted by molar-refractivity contribution is 7.11. The van der Waals surface area contributed by atoms with Crippen LogP contribution < -0.4 is 10.1 Å². The first-order valence-electron chi connectivity index (χ1n) is 8.24. The fraction of sp³-hybridized carbons (Fsp3) is 0.200. The van der Waals surface area contributed by atoms with Gasteiger partial charge in [-0.1, -0.05) is 41.9 Å². The second kappa shape index (κ2) is 8.83. The zero-order valence-electron chi connectivity index (χ0n) is 14.4. The molecule has 0 saturated heterocycles. The number of hydrogen-bond donors (Lipinski definition) is 1. The van der Waals surface area contributed by atoms with Crippen molar-refractivity contribution in [1.82, 2.24) is 10.3 Å². The number of thiazole rings is 1. The lowest BCUT2D eigenvalue weighted by atomic mass is 10.1. The van der Waals surface area contributed by atoms with Gasteiger partial charge in [0.1, 0.15) is 10.8 Å². The summed E-state index contributed by atoms with van der Waals surface area (Å²) in [5, 5.41) is 4.37. The van der Waals surface area contributed by atoms with Crippen molar-refractivity contribution < 1.29 is 9.53 Å². The zero-order chi connectivity index (χ0) is 18.4. The maximum Gasteiger partial charge on any atom is 0.258 e. The van der Waals surface area contributed by atoms with E-state index in [-0.39, 0.29) is 12.5 Å². The first kappa shape index (κ1) is 18.4. The summed E-state index contributed by atoms with van der Waals surface area (Å²) in [5.74, 6) is 0.428. The quantitative estimate of drug-likeness (QED) is 0.655. The Kier molecular flexibility index (Phi) is 6.26. The maximum atomic E-state index is 12.0. The van der Waals surface area contributed by atoms with Crippen LogP contribution in [-0.4, -0.2) is 17.5 Å². The van der Waals surface area contributed by atoms with Gasteiger partial charge in [0.15, 0.2) is 6.61 Å². The van der Waals surface area contributed by atoms with Crippen LogP contribution >= 0.6 is 22.9 Å². The van der Waals surface area contributed by atoms with Gasteiger partial charge < -0.3 is 10.1 Å². The Balaban J connectivity index is 1.49. The molecular formula is C20H19ClN2O2S. The molecule has 0 atom stereocenters. The zero-order valence-corrected chi connectivity index (χ0v) is 15.9. The SMILES string of the molecule is Cc1nc(CNC(=O)COc2ccc(Cl)cc2)sc1Cc1ccccc1. The molecule has 1 aromatic heterocycles. The van der Waals surface area contributed by atoms with Crippen molar-refractivity contribution in [3.63, 3.8) is 0 Å². The summed E-state index contributed by atoms with van der Waals surface area (Å²) >= 11 is 7.45. The molecule has 1 amide bonds. The normalized spacial score (nSPS) is 10.5. The smallest absolute Gasteiger partial charge is 0.258 e. The molecule has 0 spiro atoms. The monoisotopic (exact) mass is 386 g/mol. The van der Waals surface area contributed by atoms with Gasteiger partial charge in [-0.15, -0.1) is 11.3 Å². The van der Waals surface area contributed by atoms with E-state index < -0.39 is 0 Å². The van der Waals surface area contributed by atoms with Crippen LogP contribution in [0.25, 0.3) is 0 Å². The summed E-state index contributed by atoms with van der Waals surface area (Å²) in [6.45, 7) is 2.37. The number of carbonyl (C=O) groups excluding carboxylic acids is 1. The number of aromatic nitrogens is 1. The molecule has 0 saturated carbocycles. The van der Waals surface area contributed by atoms with E-state index in [9.17, 15) is 4.79 Å². The lowest BCUT2D eigenvalue weighted by Crippen LogP contribution is -2.28. The van der Waals surface area contributed by atoms with Crippen LogP contribution in [0, 0.1) is 6.92 Å². The number of amides is 1. The molecule has 0 aliphatic rings. The molecule has 0 unspecified atom stereocenters. The van der Waals surface area contributed by atoms with Crippen molar-refractivity contribution in [1.29, 1.82) is 0 Å². The number of nitrogens with zero attached hydrogens (tertiary/aromatic N) is 1. The number of aryl methyl sites for hydroxylation is 1. The van der Waals surface area contributed by atoms with E-state index in [0.29, 0.717) is 17.3 Å². The van der Waals surface area contributed by atoms with Gasteiger partial charge in [0, 0.05) is 16.3 Å². The third-order valence-corrected chi connectivity index (χ3v) is 5.17.